The molecular weight excluding hydrogens is 411 g/mol. The molecule has 1 saturated heterocycles. The minimum absolute atomic E-state index is 0.0188. The fourth-order valence-corrected chi connectivity index (χ4v) is 4.36. The third-order valence-corrected chi connectivity index (χ3v) is 6.32. The van der Waals surface area contributed by atoms with E-state index in [1.165, 1.54) is 12.1 Å². The van der Waals surface area contributed by atoms with Gasteiger partial charge in [-0.2, -0.15) is 0 Å². The van der Waals surface area contributed by atoms with Crippen LogP contribution in [0.1, 0.15) is 43.2 Å². The molecular formula is C25H29FN2O4. The van der Waals surface area contributed by atoms with Gasteiger partial charge in [-0.1, -0.05) is 12.1 Å². The van der Waals surface area contributed by atoms with Crippen LogP contribution in [0.15, 0.2) is 42.5 Å². The highest BCUT2D eigenvalue weighted by Gasteiger charge is 2.34. The van der Waals surface area contributed by atoms with Crippen molar-refractivity contribution in [2.24, 2.45) is 0 Å². The van der Waals surface area contributed by atoms with Crippen molar-refractivity contribution in [3.05, 3.63) is 59.4 Å². The Morgan fingerprint density at radius 3 is 2.69 bits per heavy atom. The van der Waals surface area contributed by atoms with Crippen molar-refractivity contribution in [2.75, 3.05) is 31.7 Å². The first-order chi connectivity index (χ1) is 15.5. The fourth-order valence-electron chi connectivity index (χ4n) is 4.36. The second-order valence-electron chi connectivity index (χ2n) is 8.50. The van der Waals surface area contributed by atoms with E-state index in [0.29, 0.717) is 52.0 Å². The molecule has 0 radical (unpaired) electrons. The van der Waals surface area contributed by atoms with Crippen LogP contribution in [0, 0.1) is 5.82 Å². The third-order valence-electron chi connectivity index (χ3n) is 6.32. The zero-order chi connectivity index (χ0) is 22.4. The lowest BCUT2D eigenvalue weighted by Gasteiger charge is -2.38. The van der Waals surface area contributed by atoms with Crippen LogP contribution in [-0.4, -0.2) is 38.2 Å². The van der Waals surface area contributed by atoms with Gasteiger partial charge in [-0.3, -0.25) is 9.59 Å². The van der Waals surface area contributed by atoms with Gasteiger partial charge in [0.05, 0.1) is 6.61 Å². The molecule has 170 valence electrons. The van der Waals surface area contributed by atoms with Crippen molar-refractivity contribution in [2.45, 2.75) is 43.9 Å². The van der Waals surface area contributed by atoms with Crippen molar-refractivity contribution in [1.29, 1.82) is 0 Å². The SMILES string of the molecule is O=C(CCCOc1ccc2c(c1)CCC(=O)N2)NCC1(c2ccc(F)cc2)CCOCC1. The molecule has 2 amide bonds. The van der Waals surface area contributed by atoms with Crippen LogP contribution < -0.4 is 15.4 Å². The lowest BCUT2D eigenvalue weighted by Crippen LogP contribution is -2.44. The molecule has 0 aliphatic carbocycles. The number of anilines is 1. The van der Waals surface area contributed by atoms with Crippen LogP contribution in [0.4, 0.5) is 10.1 Å². The first-order valence-corrected chi connectivity index (χ1v) is 11.2. The molecule has 0 bridgehead atoms. The smallest absolute Gasteiger partial charge is 0.224 e. The second-order valence-corrected chi connectivity index (χ2v) is 8.50. The molecule has 0 spiro atoms. The second kappa shape index (κ2) is 10.1. The van der Waals surface area contributed by atoms with Gasteiger partial charge in [0, 0.05) is 43.7 Å². The number of hydrogen-bond acceptors (Lipinski definition) is 4. The van der Waals surface area contributed by atoms with Crippen LogP contribution in [0.3, 0.4) is 0 Å². The Labute approximate surface area is 187 Å². The predicted octanol–water partition coefficient (Wildman–Crippen LogP) is 3.73. The molecule has 2 heterocycles. The third kappa shape index (κ3) is 5.46. The highest BCUT2D eigenvalue weighted by Crippen LogP contribution is 2.34. The van der Waals surface area contributed by atoms with Crippen molar-refractivity contribution >= 4 is 17.5 Å². The fraction of sp³-hybridized carbons (Fsp3) is 0.440. The minimum Gasteiger partial charge on any atom is -0.494 e. The molecule has 7 heteroatoms. The number of rotatable bonds is 8. The van der Waals surface area contributed by atoms with Crippen molar-refractivity contribution < 1.29 is 23.5 Å². The van der Waals surface area contributed by atoms with Gasteiger partial charge in [0.1, 0.15) is 11.6 Å². The summed E-state index contributed by atoms with van der Waals surface area (Å²) in [6.07, 6.45) is 3.76. The molecule has 2 aromatic rings. The Balaban J connectivity index is 1.24. The topological polar surface area (TPSA) is 76.7 Å². The normalized spacial score (nSPS) is 17.2. The lowest BCUT2D eigenvalue weighted by molar-refractivity contribution is -0.121. The van der Waals surface area contributed by atoms with Gasteiger partial charge in [-0.05, 0) is 67.1 Å². The maximum Gasteiger partial charge on any atom is 0.224 e. The molecule has 2 aliphatic rings. The van der Waals surface area contributed by atoms with Gasteiger partial charge in [-0.25, -0.2) is 4.39 Å². The van der Waals surface area contributed by atoms with Gasteiger partial charge in [0.25, 0.3) is 0 Å². The van der Waals surface area contributed by atoms with Gasteiger partial charge >= 0.3 is 0 Å². The number of amides is 2. The van der Waals surface area contributed by atoms with Crippen LogP contribution in [0.25, 0.3) is 0 Å². The lowest BCUT2D eigenvalue weighted by atomic mass is 9.74. The molecule has 0 aromatic heterocycles. The number of fused-ring (bicyclic) bond motifs is 1. The van der Waals surface area contributed by atoms with E-state index in [9.17, 15) is 14.0 Å². The number of benzene rings is 2. The Morgan fingerprint density at radius 1 is 1.12 bits per heavy atom. The number of hydrogen-bond donors (Lipinski definition) is 2. The first-order valence-electron chi connectivity index (χ1n) is 11.2. The quantitative estimate of drug-likeness (QED) is 0.614. The highest BCUT2D eigenvalue weighted by molar-refractivity contribution is 5.94. The van der Waals surface area contributed by atoms with Crippen LogP contribution in [0.2, 0.25) is 0 Å². The number of nitrogens with one attached hydrogen (secondary N) is 2. The molecule has 6 nitrogen and oxygen atoms in total. The van der Waals surface area contributed by atoms with Gasteiger partial charge < -0.3 is 20.1 Å². The number of carbonyl (C=O) groups excluding carboxylic acids is 2. The van der Waals surface area contributed by atoms with E-state index < -0.39 is 0 Å². The summed E-state index contributed by atoms with van der Waals surface area (Å²) < 4.78 is 24.7. The molecule has 2 aliphatic heterocycles. The summed E-state index contributed by atoms with van der Waals surface area (Å²) in [5.41, 5.74) is 2.73. The van der Waals surface area contributed by atoms with E-state index in [2.05, 4.69) is 10.6 Å². The average Bonchev–Trinajstić information content (AvgIpc) is 2.81. The van der Waals surface area contributed by atoms with Gasteiger partial charge in [0.2, 0.25) is 11.8 Å². The maximum absolute atomic E-state index is 13.4. The van der Waals surface area contributed by atoms with Crippen molar-refractivity contribution in [1.82, 2.24) is 5.32 Å². The Kier molecular flexibility index (Phi) is 7.05. The summed E-state index contributed by atoms with van der Waals surface area (Å²) in [4.78, 5) is 23.9. The molecule has 2 aromatic carbocycles. The van der Waals surface area contributed by atoms with Crippen LogP contribution in [-0.2, 0) is 26.2 Å². The highest BCUT2D eigenvalue weighted by atomic mass is 19.1. The Bertz CT molecular complexity index is 955. The summed E-state index contributed by atoms with van der Waals surface area (Å²) in [6.45, 7) is 2.21. The number of ether oxygens (including phenoxy) is 2. The number of carbonyl (C=O) groups is 2. The predicted molar refractivity (Wildman–Crippen MR) is 119 cm³/mol. The first kappa shape index (κ1) is 22.3. The minimum atomic E-state index is -0.260. The van der Waals surface area contributed by atoms with E-state index >= 15 is 0 Å². The molecule has 0 unspecified atom stereocenters. The average molecular weight is 441 g/mol. The monoisotopic (exact) mass is 440 g/mol. The summed E-state index contributed by atoms with van der Waals surface area (Å²) >= 11 is 0. The van der Waals surface area contributed by atoms with Crippen LogP contribution >= 0.6 is 0 Å². The molecule has 32 heavy (non-hydrogen) atoms. The van der Waals surface area contributed by atoms with Crippen molar-refractivity contribution in [3.63, 3.8) is 0 Å². The Morgan fingerprint density at radius 2 is 1.91 bits per heavy atom. The standard InChI is InChI=1S/C25H29FN2O4/c26-20-6-4-19(5-7-20)25(11-14-31-15-12-25)17-27-23(29)2-1-13-32-21-8-9-22-18(16-21)3-10-24(30)28-22/h4-9,16H,1-3,10-15,17H2,(H,27,29)(H,28,30). The Hall–Kier alpha value is -2.93. The van der Waals surface area contributed by atoms with E-state index in [-0.39, 0.29) is 23.0 Å². The van der Waals surface area contributed by atoms with Gasteiger partial charge in [-0.15, -0.1) is 0 Å². The zero-order valence-corrected chi connectivity index (χ0v) is 18.1. The van der Waals surface area contributed by atoms with E-state index in [1.54, 1.807) is 0 Å². The molecule has 0 atom stereocenters. The van der Waals surface area contributed by atoms with Crippen LogP contribution in [0.5, 0.6) is 5.75 Å². The summed E-state index contributed by atoms with van der Waals surface area (Å²) in [5, 5.41) is 5.92. The number of halogens is 1. The summed E-state index contributed by atoms with van der Waals surface area (Å²) in [7, 11) is 0. The maximum atomic E-state index is 13.4. The molecule has 0 saturated carbocycles. The zero-order valence-electron chi connectivity index (χ0n) is 18.1. The van der Waals surface area contributed by atoms with E-state index in [4.69, 9.17) is 9.47 Å². The van der Waals surface area contributed by atoms with E-state index in [1.807, 2.05) is 30.3 Å². The summed E-state index contributed by atoms with van der Waals surface area (Å²) in [5.74, 6) is 0.510. The molecule has 1 fully saturated rings. The molecule has 2 N–H and O–H groups in total. The molecule has 4 rings (SSSR count). The van der Waals surface area contributed by atoms with Crippen molar-refractivity contribution in [3.8, 4) is 5.75 Å². The summed E-state index contributed by atoms with van der Waals surface area (Å²) in [6, 6.07) is 12.2. The number of aryl methyl sites for hydroxylation is 1. The van der Waals surface area contributed by atoms with E-state index in [0.717, 1.165) is 35.4 Å². The van der Waals surface area contributed by atoms with Gasteiger partial charge in [0.15, 0.2) is 0 Å². The largest absolute Gasteiger partial charge is 0.494 e.